The van der Waals surface area contributed by atoms with Crippen molar-refractivity contribution in [3.8, 4) is 0 Å². The molecule has 0 radical (unpaired) electrons. The van der Waals surface area contributed by atoms with Crippen LogP contribution in [0.4, 0.5) is 0 Å². The second-order valence-corrected chi connectivity index (χ2v) is 5.13. The minimum Gasteiger partial charge on any atom is -0.316 e. The molecule has 4 nitrogen and oxygen atoms in total. The fraction of sp³-hybridized carbons (Fsp3) is 0.467. The van der Waals surface area contributed by atoms with Crippen molar-refractivity contribution in [3.05, 3.63) is 48.0 Å². The van der Waals surface area contributed by atoms with Crippen LogP contribution in [0.5, 0.6) is 0 Å². The highest BCUT2D eigenvalue weighted by Gasteiger charge is 2.11. The number of rotatable bonds is 6. The Labute approximate surface area is 114 Å². The third-order valence-electron chi connectivity index (χ3n) is 3.29. The van der Waals surface area contributed by atoms with Crippen LogP contribution >= 0.6 is 0 Å². The van der Waals surface area contributed by atoms with Crippen LogP contribution < -0.4 is 5.32 Å². The number of nitrogens with zero attached hydrogens (tertiary/aromatic N) is 3. The fourth-order valence-corrected chi connectivity index (χ4v) is 2.11. The van der Waals surface area contributed by atoms with E-state index < -0.39 is 0 Å². The lowest BCUT2D eigenvalue weighted by molar-refractivity contribution is 0.508. The highest BCUT2D eigenvalue weighted by Crippen LogP contribution is 2.09. The standard InChI is InChI=1S/C15H22N4/c1-12(2)19-9-6-14(18-19)11-15(16-3)10-13-4-7-17-8-5-13/h4-9,12,15-16H,10-11H2,1-3H3. The van der Waals surface area contributed by atoms with Gasteiger partial charge in [0.05, 0.1) is 5.69 Å². The molecule has 1 N–H and O–H groups in total. The van der Waals surface area contributed by atoms with Gasteiger partial charge in [0.2, 0.25) is 0 Å². The van der Waals surface area contributed by atoms with Gasteiger partial charge in [-0.15, -0.1) is 0 Å². The molecular weight excluding hydrogens is 236 g/mol. The highest BCUT2D eigenvalue weighted by molar-refractivity contribution is 5.13. The Morgan fingerprint density at radius 1 is 1.16 bits per heavy atom. The summed E-state index contributed by atoms with van der Waals surface area (Å²) in [5.74, 6) is 0. The van der Waals surface area contributed by atoms with Gasteiger partial charge in [-0.3, -0.25) is 9.67 Å². The van der Waals surface area contributed by atoms with E-state index in [1.54, 1.807) is 0 Å². The highest BCUT2D eigenvalue weighted by atomic mass is 15.3. The van der Waals surface area contributed by atoms with E-state index in [-0.39, 0.29) is 0 Å². The topological polar surface area (TPSA) is 42.7 Å². The van der Waals surface area contributed by atoms with Gasteiger partial charge >= 0.3 is 0 Å². The first-order valence-corrected chi connectivity index (χ1v) is 6.79. The zero-order valence-corrected chi connectivity index (χ0v) is 11.9. The summed E-state index contributed by atoms with van der Waals surface area (Å²) in [5.41, 5.74) is 2.44. The predicted octanol–water partition coefficient (Wildman–Crippen LogP) is 2.23. The van der Waals surface area contributed by atoms with Gasteiger partial charge in [-0.25, -0.2) is 0 Å². The first kappa shape index (κ1) is 13.7. The quantitative estimate of drug-likeness (QED) is 0.864. The van der Waals surface area contributed by atoms with Crippen molar-refractivity contribution in [2.45, 2.75) is 38.8 Å². The lowest BCUT2D eigenvalue weighted by Crippen LogP contribution is -2.30. The van der Waals surface area contributed by atoms with Crippen molar-refractivity contribution in [1.29, 1.82) is 0 Å². The lowest BCUT2D eigenvalue weighted by Gasteiger charge is -2.15. The number of aromatic nitrogens is 3. The smallest absolute Gasteiger partial charge is 0.0640 e. The van der Waals surface area contributed by atoms with Gasteiger partial charge in [-0.1, -0.05) is 0 Å². The molecule has 2 aromatic heterocycles. The number of nitrogens with one attached hydrogen (secondary N) is 1. The zero-order chi connectivity index (χ0) is 13.7. The largest absolute Gasteiger partial charge is 0.316 e. The van der Waals surface area contributed by atoms with Crippen molar-refractivity contribution < 1.29 is 0 Å². The first-order valence-electron chi connectivity index (χ1n) is 6.79. The Balaban J connectivity index is 1.98. The molecule has 2 rings (SSSR count). The zero-order valence-electron chi connectivity index (χ0n) is 11.9. The molecule has 2 aromatic rings. The molecule has 19 heavy (non-hydrogen) atoms. The van der Waals surface area contributed by atoms with Gasteiger partial charge in [0.15, 0.2) is 0 Å². The number of pyridine rings is 1. The van der Waals surface area contributed by atoms with Crippen LogP contribution in [0.15, 0.2) is 36.8 Å². The third kappa shape index (κ3) is 3.89. The van der Waals surface area contributed by atoms with Crippen molar-refractivity contribution in [2.75, 3.05) is 7.05 Å². The van der Waals surface area contributed by atoms with Crippen LogP contribution in [0.2, 0.25) is 0 Å². The van der Waals surface area contributed by atoms with Gasteiger partial charge < -0.3 is 5.32 Å². The predicted molar refractivity (Wildman–Crippen MR) is 77.1 cm³/mol. The van der Waals surface area contributed by atoms with Crippen LogP contribution in [-0.2, 0) is 12.8 Å². The molecule has 1 atom stereocenters. The Kier molecular flexibility index (Phi) is 4.68. The van der Waals surface area contributed by atoms with Gasteiger partial charge in [0.25, 0.3) is 0 Å². The molecule has 1 unspecified atom stereocenters. The third-order valence-corrected chi connectivity index (χ3v) is 3.29. The molecule has 102 valence electrons. The van der Waals surface area contributed by atoms with Crippen LogP contribution in [0, 0.1) is 0 Å². The molecule has 0 saturated heterocycles. The van der Waals surface area contributed by atoms with E-state index in [4.69, 9.17) is 0 Å². The van der Waals surface area contributed by atoms with Crippen molar-refractivity contribution in [3.63, 3.8) is 0 Å². The van der Waals surface area contributed by atoms with Gasteiger partial charge in [0.1, 0.15) is 0 Å². The SMILES string of the molecule is CNC(Cc1ccncc1)Cc1ccn(C(C)C)n1. The monoisotopic (exact) mass is 258 g/mol. The normalized spacial score (nSPS) is 12.8. The number of hydrogen-bond donors (Lipinski definition) is 1. The van der Waals surface area contributed by atoms with E-state index in [1.807, 2.05) is 24.1 Å². The maximum atomic E-state index is 4.60. The molecule has 2 heterocycles. The van der Waals surface area contributed by atoms with E-state index >= 15 is 0 Å². The van der Waals surface area contributed by atoms with Crippen molar-refractivity contribution in [1.82, 2.24) is 20.1 Å². The Morgan fingerprint density at radius 2 is 1.89 bits per heavy atom. The van der Waals surface area contributed by atoms with E-state index in [1.165, 1.54) is 5.56 Å². The van der Waals surface area contributed by atoms with Gasteiger partial charge in [0, 0.05) is 37.1 Å². The molecule has 4 heteroatoms. The second-order valence-electron chi connectivity index (χ2n) is 5.13. The lowest BCUT2D eigenvalue weighted by atomic mass is 10.0. The molecule has 0 saturated carbocycles. The maximum Gasteiger partial charge on any atom is 0.0640 e. The Hall–Kier alpha value is -1.68. The summed E-state index contributed by atoms with van der Waals surface area (Å²) >= 11 is 0. The van der Waals surface area contributed by atoms with E-state index in [0.29, 0.717) is 12.1 Å². The van der Waals surface area contributed by atoms with Gasteiger partial charge in [-0.05, 0) is 51.1 Å². The summed E-state index contributed by atoms with van der Waals surface area (Å²) in [7, 11) is 2.01. The van der Waals surface area contributed by atoms with Crippen LogP contribution in [0.3, 0.4) is 0 Å². The average molecular weight is 258 g/mol. The molecule has 0 aliphatic rings. The fourth-order valence-electron chi connectivity index (χ4n) is 2.11. The molecule has 0 amide bonds. The summed E-state index contributed by atoms with van der Waals surface area (Å²) in [6.07, 6.45) is 7.68. The van der Waals surface area contributed by atoms with E-state index in [2.05, 4.69) is 53.6 Å². The number of likely N-dealkylation sites (N-methyl/N-ethyl adjacent to an activating group) is 1. The molecule has 0 aliphatic carbocycles. The average Bonchev–Trinajstić information content (AvgIpc) is 2.88. The maximum absolute atomic E-state index is 4.60. The molecular formula is C15H22N4. The minimum atomic E-state index is 0.401. The van der Waals surface area contributed by atoms with Crippen molar-refractivity contribution >= 4 is 0 Å². The van der Waals surface area contributed by atoms with E-state index in [9.17, 15) is 0 Å². The van der Waals surface area contributed by atoms with Crippen molar-refractivity contribution in [2.24, 2.45) is 0 Å². The molecule has 0 aliphatic heterocycles. The van der Waals surface area contributed by atoms with Gasteiger partial charge in [-0.2, -0.15) is 5.10 Å². The molecule has 0 fully saturated rings. The Bertz CT molecular complexity index is 490. The molecule has 0 bridgehead atoms. The summed E-state index contributed by atoms with van der Waals surface area (Å²) < 4.78 is 2.01. The summed E-state index contributed by atoms with van der Waals surface area (Å²) in [6, 6.07) is 7.06. The van der Waals surface area contributed by atoms with Crippen LogP contribution in [-0.4, -0.2) is 27.9 Å². The minimum absolute atomic E-state index is 0.401. The molecule has 0 aromatic carbocycles. The first-order chi connectivity index (χ1) is 9.19. The Morgan fingerprint density at radius 3 is 2.47 bits per heavy atom. The summed E-state index contributed by atoms with van der Waals surface area (Å²) in [6.45, 7) is 4.28. The van der Waals surface area contributed by atoms with Crippen LogP contribution in [0.25, 0.3) is 0 Å². The second kappa shape index (κ2) is 6.48. The number of hydrogen-bond acceptors (Lipinski definition) is 3. The summed E-state index contributed by atoms with van der Waals surface area (Å²) in [4.78, 5) is 4.05. The van der Waals surface area contributed by atoms with Crippen LogP contribution in [0.1, 0.15) is 31.1 Å². The summed E-state index contributed by atoms with van der Waals surface area (Å²) in [5, 5.41) is 7.97. The van der Waals surface area contributed by atoms with E-state index in [0.717, 1.165) is 18.5 Å². The molecule has 0 spiro atoms.